The molecule has 1 aromatic rings. The number of nitrogens with two attached hydrogens (primary N) is 1. The minimum absolute atomic E-state index is 0.122. The highest BCUT2D eigenvalue weighted by atomic mass is 16.6. The molecule has 1 heterocycles. The number of hydrogen-bond acceptors (Lipinski definition) is 6. The molecule has 0 saturated carbocycles. The molecule has 1 unspecified atom stereocenters. The van der Waals surface area contributed by atoms with Gasteiger partial charge in [-0.2, -0.15) is 5.26 Å². The highest BCUT2D eigenvalue weighted by molar-refractivity contribution is 5.99. The van der Waals surface area contributed by atoms with Crippen molar-refractivity contribution in [1.82, 2.24) is 10.3 Å². The lowest BCUT2D eigenvalue weighted by molar-refractivity contribution is -0.385. The van der Waals surface area contributed by atoms with Crippen molar-refractivity contribution >= 4 is 17.4 Å². The number of nitro groups is 1. The SMILES string of the molecule is CC(C)(C)C(C#N)NC(=O)c1cc([N+](=O)[O-])cnc1N. The Bertz CT molecular complexity index is 586. The summed E-state index contributed by atoms with van der Waals surface area (Å²) in [5.41, 5.74) is 4.60. The summed E-state index contributed by atoms with van der Waals surface area (Å²) in [5, 5.41) is 22.2. The van der Waals surface area contributed by atoms with Crippen LogP contribution in [0.5, 0.6) is 0 Å². The maximum atomic E-state index is 12.1. The highest BCUT2D eigenvalue weighted by Crippen LogP contribution is 2.21. The van der Waals surface area contributed by atoms with Crippen LogP contribution in [0.1, 0.15) is 31.1 Å². The highest BCUT2D eigenvalue weighted by Gasteiger charge is 2.27. The van der Waals surface area contributed by atoms with Crippen molar-refractivity contribution in [2.75, 3.05) is 5.73 Å². The van der Waals surface area contributed by atoms with Crippen molar-refractivity contribution in [2.45, 2.75) is 26.8 Å². The Hall–Kier alpha value is -2.69. The molecule has 0 spiro atoms. The summed E-state index contributed by atoms with van der Waals surface area (Å²) >= 11 is 0. The fourth-order valence-electron chi connectivity index (χ4n) is 1.40. The molecule has 0 aromatic carbocycles. The Morgan fingerprint density at radius 2 is 2.20 bits per heavy atom. The minimum Gasteiger partial charge on any atom is -0.383 e. The molecule has 0 saturated heterocycles. The van der Waals surface area contributed by atoms with Crippen LogP contribution in [0.4, 0.5) is 11.5 Å². The van der Waals surface area contributed by atoms with E-state index < -0.39 is 22.3 Å². The lowest BCUT2D eigenvalue weighted by Crippen LogP contribution is -2.42. The second kappa shape index (κ2) is 5.52. The van der Waals surface area contributed by atoms with Crippen molar-refractivity contribution in [1.29, 1.82) is 5.26 Å². The second-order valence-electron chi connectivity index (χ2n) is 5.29. The van der Waals surface area contributed by atoms with Gasteiger partial charge in [0.15, 0.2) is 0 Å². The number of aromatic nitrogens is 1. The number of amides is 1. The zero-order valence-corrected chi connectivity index (χ0v) is 11.4. The molecule has 1 aromatic heterocycles. The molecule has 0 radical (unpaired) electrons. The zero-order chi connectivity index (χ0) is 15.5. The van der Waals surface area contributed by atoms with E-state index >= 15 is 0 Å². The third-order valence-electron chi connectivity index (χ3n) is 2.63. The van der Waals surface area contributed by atoms with Gasteiger partial charge in [0, 0.05) is 6.07 Å². The maximum Gasteiger partial charge on any atom is 0.288 e. The summed E-state index contributed by atoms with van der Waals surface area (Å²) in [6.07, 6.45) is 0.970. The lowest BCUT2D eigenvalue weighted by Gasteiger charge is -2.25. The summed E-state index contributed by atoms with van der Waals surface area (Å²) < 4.78 is 0. The van der Waals surface area contributed by atoms with Crippen LogP contribution in [0.25, 0.3) is 0 Å². The topological polar surface area (TPSA) is 135 Å². The third-order valence-corrected chi connectivity index (χ3v) is 2.63. The van der Waals surface area contributed by atoms with E-state index in [4.69, 9.17) is 11.0 Å². The molecule has 0 fully saturated rings. The smallest absolute Gasteiger partial charge is 0.288 e. The van der Waals surface area contributed by atoms with Crippen LogP contribution >= 0.6 is 0 Å². The first-order valence-electron chi connectivity index (χ1n) is 5.77. The van der Waals surface area contributed by atoms with E-state index in [9.17, 15) is 14.9 Å². The predicted octanol–water partition coefficient (Wildman–Crippen LogP) is 1.24. The van der Waals surface area contributed by atoms with Crippen molar-refractivity contribution < 1.29 is 9.72 Å². The standard InChI is InChI=1S/C12H15N5O3/c1-12(2,3)9(5-13)16-11(18)8-4-7(17(19)20)6-15-10(8)14/h4,6,9H,1-3H3,(H2,14,15)(H,16,18). The van der Waals surface area contributed by atoms with Gasteiger partial charge in [0.25, 0.3) is 11.6 Å². The van der Waals surface area contributed by atoms with Crippen molar-refractivity contribution in [3.63, 3.8) is 0 Å². The van der Waals surface area contributed by atoms with Crippen LogP contribution in [0, 0.1) is 26.9 Å². The molecular weight excluding hydrogens is 262 g/mol. The van der Waals surface area contributed by atoms with E-state index in [0.29, 0.717) is 0 Å². The normalized spacial score (nSPS) is 12.3. The molecule has 0 bridgehead atoms. The number of nitriles is 1. The average molecular weight is 277 g/mol. The summed E-state index contributed by atoms with van der Waals surface area (Å²) in [7, 11) is 0. The van der Waals surface area contributed by atoms with E-state index in [2.05, 4.69) is 10.3 Å². The number of nitrogens with zero attached hydrogens (tertiary/aromatic N) is 3. The molecule has 106 valence electrons. The molecular formula is C12H15N5O3. The molecule has 1 atom stereocenters. The van der Waals surface area contributed by atoms with Crippen LogP contribution in [0.15, 0.2) is 12.3 Å². The quantitative estimate of drug-likeness (QED) is 0.630. The molecule has 20 heavy (non-hydrogen) atoms. The molecule has 8 heteroatoms. The number of hydrogen-bond donors (Lipinski definition) is 2. The Kier molecular flexibility index (Phi) is 4.24. The van der Waals surface area contributed by atoms with Crippen molar-refractivity contribution in [2.24, 2.45) is 5.41 Å². The van der Waals surface area contributed by atoms with Gasteiger partial charge in [-0.05, 0) is 5.41 Å². The first kappa shape index (κ1) is 15.4. The maximum absolute atomic E-state index is 12.1. The van der Waals surface area contributed by atoms with Gasteiger partial charge >= 0.3 is 0 Å². The number of pyridine rings is 1. The number of carbonyl (C=O) groups excluding carboxylic acids is 1. The number of carbonyl (C=O) groups is 1. The van der Waals surface area contributed by atoms with E-state index in [0.717, 1.165) is 12.3 Å². The molecule has 0 aliphatic carbocycles. The third kappa shape index (κ3) is 3.41. The summed E-state index contributed by atoms with van der Waals surface area (Å²) in [6.45, 7) is 5.36. The van der Waals surface area contributed by atoms with Crippen LogP contribution in [-0.4, -0.2) is 21.9 Å². The van der Waals surface area contributed by atoms with Crippen molar-refractivity contribution in [3.8, 4) is 6.07 Å². The molecule has 0 aliphatic heterocycles. The van der Waals surface area contributed by atoms with E-state index in [-0.39, 0.29) is 17.1 Å². The predicted molar refractivity (Wildman–Crippen MR) is 71.6 cm³/mol. The number of nitrogens with one attached hydrogen (secondary N) is 1. The number of nitrogen functional groups attached to an aromatic ring is 1. The van der Waals surface area contributed by atoms with E-state index in [1.807, 2.05) is 6.07 Å². The van der Waals surface area contributed by atoms with Gasteiger partial charge in [-0.25, -0.2) is 4.98 Å². The first-order chi connectivity index (χ1) is 9.16. The minimum atomic E-state index is -0.756. The molecule has 8 nitrogen and oxygen atoms in total. The van der Waals surface area contributed by atoms with Crippen molar-refractivity contribution in [3.05, 3.63) is 27.9 Å². The Labute approximate surface area is 115 Å². The fraction of sp³-hybridized carbons (Fsp3) is 0.417. The summed E-state index contributed by atoms with van der Waals surface area (Å²) in [5.74, 6) is -0.793. The van der Waals surface area contributed by atoms with Crippen LogP contribution in [-0.2, 0) is 0 Å². The van der Waals surface area contributed by atoms with Gasteiger partial charge in [-0.1, -0.05) is 20.8 Å². The number of rotatable bonds is 3. The monoisotopic (exact) mass is 277 g/mol. The second-order valence-corrected chi connectivity index (χ2v) is 5.29. The van der Waals surface area contributed by atoms with E-state index in [1.165, 1.54) is 0 Å². The summed E-state index contributed by atoms with van der Waals surface area (Å²) in [4.78, 5) is 25.7. The molecule has 3 N–H and O–H groups in total. The molecule has 1 rings (SSSR count). The van der Waals surface area contributed by atoms with Gasteiger partial charge in [0.2, 0.25) is 0 Å². The Morgan fingerprint density at radius 1 is 1.60 bits per heavy atom. The first-order valence-corrected chi connectivity index (χ1v) is 5.77. The van der Waals surface area contributed by atoms with E-state index in [1.54, 1.807) is 20.8 Å². The van der Waals surface area contributed by atoms with Crippen LogP contribution < -0.4 is 11.1 Å². The Balaban J connectivity index is 3.07. The zero-order valence-electron chi connectivity index (χ0n) is 11.4. The number of anilines is 1. The molecule has 0 aliphatic rings. The van der Waals surface area contributed by atoms with Gasteiger partial charge < -0.3 is 11.1 Å². The lowest BCUT2D eigenvalue weighted by atomic mass is 9.87. The summed E-state index contributed by atoms with van der Waals surface area (Å²) in [6, 6.07) is 2.25. The van der Waals surface area contributed by atoms with Gasteiger partial charge in [0.1, 0.15) is 18.1 Å². The Morgan fingerprint density at radius 3 is 2.65 bits per heavy atom. The van der Waals surface area contributed by atoms with Gasteiger partial charge in [0.05, 0.1) is 16.6 Å². The van der Waals surface area contributed by atoms with Crippen LogP contribution in [0.2, 0.25) is 0 Å². The fourth-order valence-corrected chi connectivity index (χ4v) is 1.40. The molecule has 1 amide bonds. The largest absolute Gasteiger partial charge is 0.383 e. The van der Waals surface area contributed by atoms with Gasteiger partial charge in [-0.15, -0.1) is 0 Å². The van der Waals surface area contributed by atoms with Crippen LogP contribution in [0.3, 0.4) is 0 Å². The average Bonchev–Trinajstić information content (AvgIpc) is 2.34. The van der Waals surface area contributed by atoms with Gasteiger partial charge in [-0.3, -0.25) is 14.9 Å².